The average Bonchev–Trinajstić information content (AvgIpc) is 2.34. The summed E-state index contributed by atoms with van der Waals surface area (Å²) >= 11 is 0. The Morgan fingerprint density at radius 3 is 2.89 bits per heavy atom. The van der Waals surface area contributed by atoms with Crippen molar-refractivity contribution in [2.45, 2.75) is 18.6 Å². The molecule has 1 aliphatic rings. The summed E-state index contributed by atoms with van der Waals surface area (Å²) in [6.45, 7) is 1.10. The smallest absolute Gasteiger partial charge is 0.0711 e. The molecule has 1 heterocycles. The summed E-state index contributed by atoms with van der Waals surface area (Å²) in [5, 5.41) is 11.8. The van der Waals surface area contributed by atoms with Crippen molar-refractivity contribution in [1.29, 1.82) is 0 Å². The second-order valence-corrected chi connectivity index (χ2v) is 2.38. The number of aliphatic hydroxyl groups is 1. The topological polar surface area (TPSA) is 41.5 Å². The second kappa shape index (κ2) is 3.15. The van der Waals surface area contributed by atoms with Crippen LogP contribution in [0.3, 0.4) is 0 Å². The maximum Gasteiger partial charge on any atom is 0.0711 e. The van der Waals surface area contributed by atoms with Crippen LogP contribution >= 0.6 is 0 Å². The molecule has 0 radical (unpaired) electrons. The molecule has 2 N–H and O–H groups in total. The van der Waals surface area contributed by atoms with Crippen molar-refractivity contribution in [2.75, 3.05) is 20.3 Å². The molecule has 0 aromatic heterocycles. The van der Waals surface area contributed by atoms with Crippen LogP contribution in [0.4, 0.5) is 0 Å². The molecule has 9 heavy (non-hydrogen) atoms. The van der Waals surface area contributed by atoms with Crippen molar-refractivity contribution in [3.63, 3.8) is 0 Å². The second-order valence-electron chi connectivity index (χ2n) is 2.38. The fourth-order valence-electron chi connectivity index (χ4n) is 1.10. The van der Waals surface area contributed by atoms with E-state index in [1.165, 1.54) is 0 Å². The first-order valence-electron chi connectivity index (χ1n) is 3.24. The van der Waals surface area contributed by atoms with Crippen molar-refractivity contribution in [1.82, 2.24) is 5.32 Å². The third kappa shape index (κ3) is 1.64. The van der Waals surface area contributed by atoms with Crippen molar-refractivity contribution in [3.05, 3.63) is 0 Å². The van der Waals surface area contributed by atoms with Crippen LogP contribution in [0.5, 0.6) is 0 Å². The van der Waals surface area contributed by atoms with Crippen LogP contribution in [-0.2, 0) is 4.74 Å². The van der Waals surface area contributed by atoms with Gasteiger partial charge in [-0.2, -0.15) is 0 Å². The fraction of sp³-hybridized carbons (Fsp3) is 1.00. The van der Waals surface area contributed by atoms with Gasteiger partial charge in [-0.3, -0.25) is 0 Å². The lowest BCUT2D eigenvalue weighted by Gasteiger charge is -2.04. The van der Waals surface area contributed by atoms with Gasteiger partial charge in [-0.15, -0.1) is 0 Å². The van der Waals surface area contributed by atoms with E-state index in [9.17, 15) is 0 Å². The molecule has 1 fully saturated rings. The first-order chi connectivity index (χ1) is 4.36. The van der Waals surface area contributed by atoms with Crippen LogP contribution in [0, 0.1) is 0 Å². The fourth-order valence-corrected chi connectivity index (χ4v) is 1.10. The summed E-state index contributed by atoms with van der Waals surface area (Å²) < 4.78 is 5.07. The molecule has 0 aliphatic carbocycles. The summed E-state index contributed by atoms with van der Waals surface area (Å²) in [7, 11) is 1.70. The largest absolute Gasteiger partial charge is 0.395 e. The van der Waals surface area contributed by atoms with E-state index in [4.69, 9.17) is 9.84 Å². The van der Waals surface area contributed by atoms with Crippen molar-refractivity contribution in [2.24, 2.45) is 0 Å². The number of rotatable bonds is 2. The Hall–Kier alpha value is -0.120. The number of hydrogen-bond donors (Lipinski definition) is 2. The molecule has 0 aromatic carbocycles. The Balaban J connectivity index is 2.20. The molecule has 3 nitrogen and oxygen atoms in total. The van der Waals surface area contributed by atoms with Crippen LogP contribution < -0.4 is 5.32 Å². The highest BCUT2D eigenvalue weighted by Crippen LogP contribution is 2.07. The Kier molecular flexibility index (Phi) is 2.45. The normalized spacial score (nSPS) is 35.3. The molecule has 0 aromatic rings. The van der Waals surface area contributed by atoms with Crippen LogP contribution in [0.2, 0.25) is 0 Å². The van der Waals surface area contributed by atoms with Gasteiger partial charge in [0, 0.05) is 19.7 Å². The molecule has 0 saturated carbocycles. The SMILES string of the molecule is CO[C@@H]1CN[C@H](CO)C1. The van der Waals surface area contributed by atoms with Gasteiger partial charge in [0.1, 0.15) is 0 Å². The molecule has 54 valence electrons. The molecule has 1 saturated heterocycles. The standard InChI is InChI=1S/C6H13NO2/c1-9-6-2-5(4-8)7-3-6/h5-8H,2-4H2,1H3/t5-,6-/m0/s1. The van der Waals surface area contributed by atoms with Crippen LogP contribution in [-0.4, -0.2) is 37.5 Å². The van der Waals surface area contributed by atoms with Crippen LogP contribution in [0.25, 0.3) is 0 Å². The maximum absolute atomic E-state index is 8.66. The van der Waals surface area contributed by atoms with Crippen LogP contribution in [0.1, 0.15) is 6.42 Å². The predicted octanol–water partition coefficient (Wildman–Crippen LogP) is -0.644. The average molecular weight is 131 g/mol. The number of nitrogens with one attached hydrogen (secondary N) is 1. The third-order valence-electron chi connectivity index (χ3n) is 1.74. The summed E-state index contributed by atoms with van der Waals surface area (Å²) in [6, 6.07) is 0.259. The van der Waals surface area contributed by atoms with Gasteiger partial charge in [0.15, 0.2) is 0 Å². The van der Waals surface area contributed by atoms with Gasteiger partial charge >= 0.3 is 0 Å². The Morgan fingerprint density at radius 1 is 1.78 bits per heavy atom. The highest BCUT2D eigenvalue weighted by molar-refractivity contribution is 4.80. The van der Waals surface area contributed by atoms with Gasteiger partial charge in [0.2, 0.25) is 0 Å². The number of hydrogen-bond acceptors (Lipinski definition) is 3. The molecular weight excluding hydrogens is 118 g/mol. The number of ether oxygens (including phenoxy) is 1. The number of methoxy groups -OCH3 is 1. The van der Waals surface area contributed by atoms with E-state index in [1.807, 2.05) is 0 Å². The third-order valence-corrected chi connectivity index (χ3v) is 1.74. The quantitative estimate of drug-likeness (QED) is 0.523. The lowest BCUT2D eigenvalue weighted by atomic mass is 10.2. The molecule has 2 atom stereocenters. The van der Waals surface area contributed by atoms with E-state index in [1.54, 1.807) is 7.11 Å². The van der Waals surface area contributed by atoms with Gasteiger partial charge < -0.3 is 15.2 Å². The molecule has 1 aliphatic heterocycles. The van der Waals surface area contributed by atoms with Crippen LogP contribution in [0.15, 0.2) is 0 Å². The van der Waals surface area contributed by atoms with Crippen molar-refractivity contribution in [3.8, 4) is 0 Å². The Morgan fingerprint density at radius 2 is 2.56 bits per heavy atom. The molecule has 0 unspecified atom stereocenters. The number of aliphatic hydroxyl groups excluding tert-OH is 1. The van der Waals surface area contributed by atoms with Gasteiger partial charge in [0.05, 0.1) is 12.7 Å². The molecule has 3 heteroatoms. The zero-order chi connectivity index (χ0) is 6.69. The van der Waals surface area contributed by atoms with Crippen molar-refractivity contribution >= 4 is 0 Å². The predicted molar refractivity (Wildman–Crippen MR) is 34.3 cm³/mol. The lowest BCUT2D eigenvalue weighted by Crippen LogP contribution is -2.24. The van der Waals surface area contributed by atoms with Gasteiger partial charge in [0.25, 0.3) is 0 Å². The van der Waals surface area contributed by atoms with E-state index in [0.717, 1.165) is 13.0 Å². The summed E-state index contributed by atoms with van der Waals surface area (Å²) in [5.41, 5.74) is 0. The molecule has 1 rings (SSSR count). The molecular formula is C6H13NO2. The van der Waals surface area contributed by atoms with Crippen molar-refractivity contribution < 1.29 is 9.84 Å². The van der Waals surface area contributed by atoms with E-state index in [0.29, 0.717) is 6.10 Å². The summed E-state index contributed by atoms with van der Waals surface area (Å²) in [4.78, 5) is 0. The zero-order valence-corrected chi connectivity index (χ0v) is 5.63. The zero-order valence-electron chi connectivity index (χ0n) is 5.63. The minimum atomic E-state index is 0.222. The van der Waals surface area contributed by atoms with Gasteiger partial charge in [-0.05, 0) is 6.42 Å². The maximum atomic E-state index is 8.66. The minimum Gasteiger partial charge on any atom is -0.395 e. The molecule has 0 bridgehead atoms. The Labute approximate surface area is 55.0 Å². The molecule has 0 spiro atoms. The summed E-state index contributed by atoms with van der Waals surface area (Å²) in [5.74, 6) is 0. The highest BCUT2D eigenvalue weighted by Gasteiger charge is 2.22. The Bertz CT molecular complexity index is 77.1. The van der Waals surface area contributed by atoms with E-state index in [-0.39, 0.29) is 12.6 Å². The van der Waals surface area contributed by atoms with E-state index < -0.39 is 0 Å². The lowest BCUT2D eigenvalue weighted by molar-refractivity contribution is 0.114. The minimum absolute atomic E-state index is 0.222. The first-order valence-corrected chi connectivity index (χ1v) is 3.24. The van der Waals surface area contributed by atoms with E-state index in [2.05, 4.69) is 5.32 Å². The first kappa shape index (κ1) is 6.99. The summed E-state index contributed by atoms with van der Waals surface area (Å²) in [6.07, 6.45) is 1.25. The molecule has 0 amide bonds. The van der Waals surface area contributed by atoms with E-state index >= 15 is 0 Å². The monoisotopic (exact) mass is 131 g/mol. The highest BCUT2D eigenvalue weighted by atomic mass is 16.5. The van der Waals surface area contributed by atoms with Gasteiger partial charge in [-0.25, -0.2) is 0 Å². The van der Waals surface area contributed by atoms with Gasteiger partial charge in [-0.1, -0.05) is 0 Å².